The molecule has 5 nitrogen and oxygen atoms in total. The second kappa shape index (κ2) is 7.99. The van der Waals surface area contributed by atoms with Crippen LogP contribution in [0.15, 0.2) is 24.3 Å². The van der Waals surface area contributed by atoms with Crippen LogP contribution < -0.4 is 10.1 Å². The molecule has 1 aromatic carbocycles. The number of nitrogens with one attached hydrogen (secondary N) is 1. The van der Waals surface area contributed by atoms with Crippen LogP contribution in [0, 0.1) is 11.8 Å². The van der Waals surface area contributed by atoms with Gasteiger partial charge in [0.1, 0.15) is 5.75 Å². The number of benzene rings is 1. The molecule has 0 heterocycles. The molecule has 1 unspecified atom stereocenters. The van der Waals surface area contributed by atoms with Crippen molar-refractivity contribution in [2.24, 2.45) is 11.8 Å². The molecular formula is C18H25NO4. The zero-order chi connectivity index (χ0) is 16.8. The van der Waals surface area contributed by atoms with E-state index in [4.69, 9.17) is 9.84 Å². The van der Waals surface area contributed by atoms with Crippen molar-refractivity contribution < 1.29 is 19.4 Å². The fraction of sp³-hybridized carbons (Fsp3) is 0.556. The van der Waals surface area contributed by atoms with Crippen LogP contribution in [0.1, 0.15) is 38.2 Å². The van der Waals surface area contributed by atoms with Crippen LogP contribution in [-0.2, 0) is 16.0 Å². The molecule has 0 aliphatic heterocycles. The standard InChI is InChI=1S/C18H25NO4/c1-12(10-13-4-3-5-16(11-13)23-2)19-17(20)14-6-8-15(9-7-14)18(21)22/h3-5,11-12,14-15H,6-10H2,1-2H3,(H,19,20)(H,21,22). The number of methoxy groups -OCH3 is 1. The number of rotatable bonds is 6. The number of hydrogen-bond donors (Lipinski definition) is 2. The Morgan fingerprint density at radius 2 is 1.91 bits per heavy atom. The number of amides is 1. The van der Waals surface area contributed by atoms with Crippen LogP contribution in [0.3, 0.4) is 0 Å². The van der Waals surface area contributed by atoms with E-state index in [2.05, 4.69) is 5.32 Å². The molecule has 1 atom stereocenters. The first-order valence-electron chi connectivity index (χ1n) is 8.15. The minimum atomic E-state index is -0.741. The van der Waals surface area contributed by atoms with Crippen LogP contribution in [0.25, 0.3) is 0 Å². The Morgan fingerprint density at radius 1 is 1.26 bits per heavy atom. The van der Waals surface area contributed by atoms with Crippen molar-refractivity contribution in [1.82, 2.24) is 5.32 Å². The molecule has 2 rings (SSSR count). The highest BCUT2D eigenvalue weighted by atomic mass is 16.5. The number of aliphatic carboxylic acids is 1. The number of ether oxygens (including phenoxy) is 1. The summed E-state index contributed by atoms with van der Waals surface area (Å²) in [6, 6.07) is 7.86. The maximum atomic E-state index is 12.3. The third kappa shape index (κ3) is 4.98. The van der Waals surface area contributed by atoms with Gasteiger partial charge < -0.3 is 15.2 Å². The lowest BCUT2D eigenvalue weighted by Gasteiger charge is -2.26. The average Bonchev–Trinajstić information content (AvgIpc) is 2.54. The highest BCUT2D eigenvalue weighted by Gasteiger charge is 2.30. The molecule has 5 heteroatoms. The molecule has 23 heavy (non-hydrogen) atoms. The highest BCUT2D eigenvalue weighted by Crippen LogP contribution is 2.29. The molecule has 0 radical (unpaired) electrons. The molecule has 0 spiro atoms. The summed E-state index contributed by atoms with van der Waals surface area (Å²) in [7, 11) is 1.64. The molecule has 1 aliphatic carbocycles. The maximum absolute atomic E-state index is 12.3. The minimum absolute atomic E-state index is 0.0341. The van der Waals surface area contributed by atoms with Gasteiger partial charge in [-0.15, -0.1) is 0 Å². The number of hydrogen-bond acceptors (Lipinski definition) is 3. The van der Waals surface area contributed by atoms with Gasteiger partial charge in [0.05, 0.1) is 13.0 Å². The zero-order valence-electron chi connectivity index (χ0n) is 13.7. The summed E-state index contributed by atoms with van der Waals surface area (Å²) in [5.74, 6) is -0.223. The van der Waals surface area contributed by atoms with E-state index in [0.717, 1.165) is 17.7 Å². The number of carboxylic acids is 1. The SMILES string of the molecule is COc1cccc(CC(C)NC(=O)C2CCC(C(=O)O)CC2)c1. The van der Waals surface area contributed by atoms with Gasteiger partial charge in [0.2, 0.25) is 5.91 Å². The van der Waals surface area contributed by atoms with Crippen molar-refractivity contribution in [2.75, 3.05) is 7.11 Å². The Bertz CT molecular complexity index is 550. The van der Waals surface area contributed by atoms with Crippen LogP contribution in [-0.4, -0.2) is 30.1 Å². The molecule has 0 aromatic heterocycles. The first kappa shape index (κ1) is 17.3. The lowest BCUT2D eigenvalue weighted by Crippen LogP contribution is -2.40. The summed E-state index contributed by atoms with van der Waals surface area (Å²) in [4.78, 5) is 23.3. The molecule has 1 aromatic rings. The monoisotopic (exact) mass is 319 g/mol. The third-order valence-electron chi connectivity index (χ3n) is 4.51. The Kier molecular flexibility index (Phi) is 6.02. The van der Waals surface area contributed by atoms with Crippen LogP contribution in [0.2, 0.25) is 0 Å². The summed E-state index contributed by atoms with van der Waals surface area (Å²) in [5, 5.41) is 12.1. The molecule has 126 valence electrons. The number of carbonyl (C=O) groups is 2. The summed E-state index contributed by atoms with van der Waals surface area (Å²) >= 11 is 0. The Morgan fingerprint density at radius 3 is 2.52 bits per heavy atom. The molecule has 1 aliphatic rings. The largest absolute Gasteiger partial charge is 0.497 e. The molecule has 2 N–H and O–H groups in total. The maximum Gasteiger partial charge on any atom is 0.306 e. The van der Waals surface area contributed by atoms with Crippen molar-refractivity contribution >= 4 is 11.9 Å². The summed E-state index contributed by atoms with van der Waals surface area (Å²) in [6.45, 7) is 1.99. The van der Waals surface area contributed by atoms with Gasteiger partial charge >= 0.3 is 5.97 Å². The van der Waals surface area contributed by atoms with E-state index >= 15 is 0 Å². The Labute approximate surface area is 137 Å². The van der Waals surface area contributed by atoms with E-state index in [9.17, 15) is 9.59 Å². The van der Waals surface area contributed by atoms with Crippen molar-refractivity contribution in [2.45, 2.75) is 45.1 Å². The lowest BCUT2D eigenvalue weighted by atomic mass is 9.81. The van der Waals surface area contributed by atoms with E-state index in [1.807, 2.05) is 31.2 Å². The van der Waals surface area contributed by atoms with E-state index in [1.54, 1.807) is 7.11 Å². The molecular weight excluding hydrogens is 294 g/mol. The zero-order valence-corrected chi connectivity index (χ0v) is 13.7. The normalized spacial score (nSPS) is 22.2. The van der Waals surface area contributed by atoms with Gasteiger partial charge in [0.25, 0.3) is 0 Å². The number of carboxylic acid groups (broad SMARTS) is 1. The predicted molar refractivity (Wildman–Crippen MR) is 87.4 cm³/mol. The fourth-order valence-corrected chi connectivity index (χ4v) is 3.17. The quantitative estimate of drug-likeness (QED) is 0.845. The van der Waals surface area contributed by atoms with E-state index in [1.165, 1.54) is 0 Å². The average molecular weight is 319 g/mol. The number of carbonyl (C=O) groups excluding carboxylic acids is 1. The minimum Gasteiger partial charge on any atom is -0.497 e. The van der Waals surface area contributed by atoms with Crippen molar-refractivity contribution in [3.05, 3.63) is 29.8 Å². The molecule has 1 fully saturated rings. The van der Waals surface area contributed by atoms with E-state index in [0.29, 0.717) is 25.7 Å². The van der Waals surface area contributed by atoms with Gasteiger partial charge in [-0.3, -0.25) is 9.59 Å². The summed E-state index contributed by atoms with van der Waals surface area (Å²) in [6.07, 6.45) is 3.26. The molecule has 1 saturated carbocycles. The third-order valence-corrected chi connectivity index (χ3v) is 4.51. The summed E-state index contributed by atoms with van der Waals surface area (Å²) in [5.41, 5.74) is 1.12. The van der Waals surface area contributed by atoms with E-state index in [-0.39, 0.29) is 23.8 Å². The predicted octanol–water partition coefficient (Wildman–Crippen LogP) is 2.63. The molecule has 0 saturated heterocycles. The lowest BCUT2D eigenvalue weighted by molar-refractivity contribution is -0.144. The Balaban J connectivity index is 1.81. The molecule has 0 bridgehead atoms. The van der Waals surface area contributed by atoms with Crippen molar-refractivity contribution in [1.29, 1.82) is 0 Å². The second-order valence-electron chi connectivity index (χ2n) is 6.35. The van der Waals surface area contributed by atoms with E-state index < -0.39 is 5.97 Å². The van der Waals surface area contributed by atoms with Gasteiger partial charge in [-0.25, -0.2) is 0 Å². The van der Waals surface area contributed by atoms with Gasteiger partial charge in [0, 0.05) is 12.0 Å². The van der Waals surface area contributed by atoms with Gasteiger partial charge in [0.15, 0.2) is 0 Å². The molecule has 1 amide bonds. The Hall–Kier alpha value is -2.04. The van der Waals surface area contributed by atoms with Crippen LogP contribution in [0.5, 0.6) is 5.75 Å². The topological polar surface area (TPSA) is 75.6 Å². The van der Waals surface area contributed by atoms with Gasteiger partial charge in [-0.2, -0.15) is 0 Å². The fourth-order valence-electron chi connectivity index (χ4n) is 3.17. The van der Waals surface area contributed by atoms with Crippen molar-refractivity contribution in [3.63, 3.8) is 0 Å². The van der Waals surface area contributed by atoms with Crippen LogP contribution in [0.4, 0.5) is 0 Å². The van der Waals surface area contributed by atoms with Crippen LogP contribution >= 0.6 is 0 Å². The summed E-state index contributed by atoms with van der Waals surface area (Å²) < 4.78 is 5.21. The highest BCUT2D eigenvalue weighted by molar-refractivity contribution is 5.79. The second-order valence-corrected chi connectivity index (χ2v) is 6.35. The van der Waals surface area contributed by atoms with Gasteiger partial charge in [-0.1, -0.05) is 12.1 Å². The first-order valence-corrected chi connectivity index (χ1v) is 8.15. The van der Waals surface area contributed by atoms with Gasteiger partial charge in [-0.05, 0) is 56.7 Å². The van der Waals surface area contributed by atoms with Crippen molar-refractivity contribution in [3.8, 4) is 5.75 Å². The first-order chi connectivity index (χ1) is 11.0. The smallest absolute Gasteiger partial charge is 0.306 e.